The molecule has 9 nitrogen and oxygen atoms in total. The summed E-state index contributed by atoms with van der Waals surface area (Å²) in [5, 5.41) is 2.82. The number of hydrogen-bond donors (Lipinski definition) is 1. The maximum Gasteiger partial charge on any atom is 0.321 e. The van der Waals surface area contributed by atoms with Gasteiger partial charge in [0.25, 0.3) is 5.91 Å². The lowest BCUT2D eigenvalue weighted by Gasteiger charge is -2.34. The summed E-state index contributed by atoms with van der Waals surface area (Å²) in [5.74, 6) is -0.159. The third-order valence-electron chi connectivity index (χ3n) is 5.59. The molecular formula is C22H29N5O4S. The minimum Gasteiger partial charge on any atom is -0.334 e. The average Bonchev–Trinajstić information content (AvgIpc) is 2.79. The number of carbonyl (C=O) groups excluding carboxylic acids is 2. The van der Waals surface area contributed by atoms with Crippen molar-refractivity contribution in [1.82, 2.24) is 19.1 Å². The highest BCUT2D eigenvalue weighted by Crippen LogP contribution is 2.24. The van der Waals surface area contributed by atoms with Gasteiger partial charge in [-0.15, -0.1) is 0 Å². The fourth-order valence-electron chi connectivity index (χ4n) is 3.30. The normalized spacial score (nSPS) is 14.7. The molecule has 0 aliphatic carbocycles. The van der Waals surface area contributed by atoms with Gasteiger partial charge in [0.05, 0.1) is 4.90 Å². The van der Waals surface area contributed by atoms with Crippen LogP contribution in [0.25, 0.3) is 0 Å². The Balaban J connectivity index is 1.66. The van der Waals surface area contributed by atoms with Gasteiger partial charge in [0.15, 0.2) is 0 Å². The van der Waals surface area contributed by atoms with Gasteiger partial charge in [-0.3, -0.25) is 9.78 Å². The molecule has 0 radical (unpaired) electrons. The number of nitrogens with one attached hydrogen (secondary N) is 1. The van der Waals surface area contributed by atoms with Crippen LogP contribution in [0.4, 0.5) is 10.5 Å². The Labute approximate surface area is 189 Å². The van der Waals surface area contributed by atoms with Crippen LogP contribution >= 0.6 is 0 Å². The maximum absolute atomic E-state index is 12.8. The number of sulfonamides is 1. The molecule has 1 aliphatic heterocycles. The molecule has 10 heteroatoms. The first-order valence-electron chi connectivity index (χ1n) is 10.5. The summed E-state index contributed by atoms with van der Waals surface area (Å²) >= 11 is 0. The van der Waals surface area contributed by atoms with Gasteiger partial charge in [0.1, 0.15) is 5.69 Å². The van der Waals surface area contributed by atoms with Crippen molar-refractivity contribution in [1.29, 1.82) is 0 Å². The number of rotatable bonds is 5. The fourth-order valence-corrected chi connectivity index (χ4v) is 4.69. The van der Waals surface area contributed by atoms with Gasteiger partial charge < -0.3 is 15.1 Å². The van der Waals surface area contributed by atoms with Gasteiger partial charge in [-0.25, -0.2) is 13.2 Å². The summed E-state index contributed by atoms with van der Waals surface area (Å²) in [6.45, 7) is 6.95. The first-order valence-corrected chi connectivity index (χ1v) is 11.9. The van der Waals surface area contributed by atoms with Crippen LogP contribution in [0.1, 0.15) is 29.9 Å². The number of urea groups is 1. The van der Waals surface area contributed by atoms with Crippen molar-refractivity contribution < 1.29 is 18.0 Å². The predicted molar refractivity (Wildman–Crippen MR) is 122 cm³/mol. The summed E-state index contributed by atoms with van der Waals surface area (Å²) in [4.78, 5) is 32.8. The van der Waals surface area contributed by atoms with E-state index in [0.29, 0.717) is 37.6 Å². The van der Waals surface area contributed by atoms with Gasteiger partial charge in [-0.2, -0.15) is 4.31 Å². The van der Waals surface area contributed by atoms with Crippen molar-refractivity contribution in [2.45, 2.75) is 31.7 Å². The van der Waals surface area contributed by atoms with E-state index in [2.05, 4.69) is 10.3 Å². The van der Waals surface area contributed by atoms with Crippen LogP contribution in [0.2, 0.25) is 0 Å². The second-order valence-electron chi connectivity index (χ2n) is 8.02. The number of nitrogens with zero attached hydrogens (tertiary/aromatic N) is 4. The van der Waals surface area contributed by atoms with E-state index in [1.165, 1.54) is 17.4 Å². The lowest BCUT2D eigenvalue weighted by atomic mass is 10.2. The molecule has 3 rings (SSSR count). The predicted octanol–water partition coefficient (Wildman–Crippen LogP) is 2.41. The molecule has 1 aromatic heterocycles. The highest BCUT2D eigenvalue weighted by Gasteiger charge is 2.27. The minimum atomic E-state index is -3.66. The Morgan fingerprint density at radius 2 is 1.72 bits per heavy atom. The highest BCUT2D eigenvalue weighted by molar-refractivity contribution is 7.89. The summed E-state index contributed by atoms with van der Waals surface area (Å²) in [6, 6.07) is 9.38. The lowest BCUT2D eigenvalue weighted by Crippen LogP contribution is -2.51. The van der Waals surface area contributed by atoms with Crippen LogP contribution in [0.5, 0.6) is 0 Å². The van der Waals surface area contributed by atoms with E-state index in [0.717, 1.165) is 5.56 Å². The molecule has 1 fully saturated rings. The van der Waals surface area contributed by atoms with Crippen molar-refractivity contribution in [3.05, 3.63) is 53.9 Å². The van der Waals surface area contributed by atoms with Crippen molar-refractivity contribution in [3.63, 3.8) is 0 Å². The van der Waals surface area contributed by atoms with E-state index in [-0.39, 0.29) is 22.9 Å². The van der Waals surface area contributed by atoms with E-state index in [1.54, 1.807) is 60.2 Å². The van der Waals surface area contributed by atoms with Gasteiger partial charge in [0.2, 0.25) is 10.0 Å². The Bertz CT molecular complexity index is 1080. The smallest absolute Gasteiger partial charge is 0.321 e. The van der Waals surface area contributed by atoms with Crippen LogP contribution in [0.3, 0.4) is 0 Å². The van der Waals surface area contributed by atoms with E-state index < -0.39 is 10.0 Å². The van der Waals surface area contributed by atoms with Crippen LogP contribution in [-0.4, -0.2) is 78.7 Å². The summed E-state index contributed by atoms with van der Waals surface area (Å²) < 4.78 is 26.9. The molecule has 0 bridgehead atoms. The minimum absolute atomic E-state index is 0.125. The number of aromatic nitrogens is 1. The van der Waals surface area contributed by atoms with Crippen molar-refractivity contribution in [3.8, 4) is 0 Å². The largest absolute Gasteiger partial charge is 0.334 e. The van der Waals surface area contributed by atoms with Crippen LogP contribution in [0, 0.1) is 6.92 Å². The third kappa shape index (κ3) is 5.08. The topological polar surface area (TPSA) is 103 Å². The molecule has 0 spiro atoms. The molecule has 1 aromatic carbocycles. The number of carbonyl (C=O) groups is 2. The molecule has 0 saturated carbocycles. The van der Waals surface area contributed by atoms with E-state index >= 15 is 0 Å². The first-order chi connectivity index (χ1) is 15.1. The van der Waals surface area contributed by atoms with Crippen LogP contribution < -0.4 is 5.32 Å². The van der Waals surface area contributed by atoms with Crippen molar-refractivity contribution in [2.75, 3.05) is 38.5 Å². The Morgan fingerprint density at radius 1 is 1.06 bits per heavy atom. The van der Waals surface area contributed by atoms with E-state index in [4.69, 9.17) is 0 Å². The van der Waals surface area contributed by atoms with E-state index in [1.807, 2.05) is 6.92 Å². The second kappa shape index (κ2) is 9.66. The van der Waals surface area contributed by atoms with Crippen LogP contribution in [0.15, 0.2) is 47.5 Å². The van der Waals surface area contributed by atoms with Gasteiger partial charge in [-0.1, -0.05) is 12.1 Å². The Morgan fingerprint density at radius 3 is 2.31 bits per heavy atom. The van der Waals surface area contributed by atoms with Crippen molar-refractivity contribution >= 4 is 27.6 Å². The van der Waals surface area contributed by atoms with Gasteiger partial charge in [0, 0.05) is 51.2 Å². The molecule has 1 aliphatic rings. The zero-order valence-electron chi connectivity index (χ0n) is 18.8. The van der Waals surface area contributed by atoms with Crippen molar-refractivity contribution in [2.24, 2.45) is 0 Å². The first kappa shape index (κ1) is 23.7. The molecule has 3 amide bonds. The SMILES string of the molecule is Cc1ccc(S(=O)(=O)N(C)C(C)C)cc1NC(=O)N1CCN(C(=O)c2ccccn2)CC1. The highest BCUT2D eigenvalue weighted by atomic mass is 32.2. The van der Waals surface area contributed by atoms with E-state index in [9.17, 15) is 18.0 Å². The van der Waals surface area contributed by atoms with Crippen LogP contribution in [-0.2, 0) is 10.0 Å². The second-order valence-corrected chi connectivity index (χ2v) is 10.0. The zero-order chi connectivity index (χ0) is 23.5. The standard InChI is InChI=1S/C22H29N5O4S/c1-16(2)25(4)32(30,31)18-9-8-17(3)20(15-18)24-22(29)27-13-11-26(12-14-27)21(28)19-7-5-6-10-23-19/h5-10,15-16H,11-14H2,1-4H3,(H,24,29). The molecule has 0 atom stereocenters. The summed E-state index contributed by atoms with van der Waals surface area (Å²) in [7, 11) is -2.13. The molecule has 0 unspecified atom stereocenters. The third-order valence-corrected chi connectivity index (χ3v) is 7.62. The van der Waals surface area contributed by atoms with Gasteiger partial charge >= 0.3 is 6.03 Å². The summed E-state index contributed by atoms with van der Waals surface area (Å²) in [5.41, 5.74) is 1.58. The maximum atomic E-state index is 12.8. The Hall–Kier alpha value is -2.98. The number of anilines is 1. The molecule has 1 N–H and O–H groups in total. The fraction of sp³-hybridized carbons (Fsp3) is 0.409. The number of piperazine rings is 1. The molecule has 172 valence electrons. The number of amides is 3. The number of hydrogen-bond acceptors (Lipinski definition) is 5. The average molecular weight is 460 g/mol. The molecular weight excluding hydrogens is 430 g/mol. The number of benzene rings is 1. The molecule has 32 heavy (non-hydrogen) atoms. The number of aryl methyl sites for hydroxylation is 1. The summed E-state index contributed by atoms with van der Waals surface area (Å²) in [6.07, 6.45) is 1.58. The lowest BCUT2D eigenvalue weighted by molar-refractivity contribution is 0.0666. The molecule has 2 heterocycles. The zero-order valence-corrected chi connectivity index (χ0v) is 19.6. The quantitative estimate of drug-likeness (QED) is 0.740. The van der Waals surface area contributed by atoms with Gasteiger partial charge in [-0.05, 0) is 50.6 Å². The monoisotopic (exact) mass is 459 g/mol. The molecule has 1 saturated heterocycles. The molecule has 2 aromatic rings. The number of pyridine rings is 1. The Kier molecular flexibility index (Phi) is 7.15.